The van der Waals surface area contributed by atoms with Gasteiger partial charge in [0, 0.05) is 6.04 Å². The highest BCUT2D eigenvalue weighted by molar-refractivity contribution is 5.87. The van der Waals surface area contributed by atoms with Crippen LogP contribution >= 0.6 is 0 Å². The molecule has 5 nitrogen and oxygen atoms in total. The van der Waals surface area contributed by atoms with Crippen LogP contribution in [-0.2, 0) is 9.59 Å². The monoisotopic (exact) mass is 229 g/mol. The molecule has 0 bridgehead atoms. The van der Waals surface area contributed by atoms with Gasteiger partial charge in [-0.25, -0.2) is 0 Å². The van der Waals surface area contributed by atoms with Gasteiger partial charge in [0.25, 0.3) is 0 Å². The molecule has 1 atom stereocenters. The number of nitrogens with zero attached hydrogens (tertiary/aromatic N) is 1. The number of carbonyl (C=O) groups is 2. The molecule has 16 heavy (non-hydrogen) atoms. The number of hydrogen-bond donors (Lipinski definition) is 2. The Morgan fingerprint density at radius 3 is 2.00 bits per heavy atom. The summed E-state index contributed by atoms with van der Waals surface area (Å²) < 4.78 is 0. The Labute approximate surface area is 97.2 Å². The fraction of sp³-hybridized carbons (Fsp3) is 0.818. The highest BCUT2D eigenvalue weighted by Gasteiger charge is 2.24. The Bertz CT molecular complexity index is 252. The maximum atomic E-state index is 11.9. The van der Waals surface area contributed by atoms with Crippen molar-refractivity contribution in [3.63, 3.8) is 0 Å². The number of primary amides is 1. The maximum Gasteiger partial charge on any atom is 0.240 e. The van der Waals surface area contributed by atoms with Gasteiger partial charge >= 0.3 is 0 Å². The highest BCUT2D eigenvalue weighted by Crippen LogP contribution is 2.08. The molecule has 0 aromatic rings. The van der Waals surface area contributed by atoms with Gasteiger partial charge in [0.05, 0.1) is 12.6 Å². The number of nitrogens with two attached hydrogens (primary N) is 2. The largest absolute Gasteiger partial charge is 0.368 e. The molecular weight excluding hydrogens is 206 g/mol. The summed E-state index contributed by atoms with van der Waals surface area (Å²) in [6, 6.07) is -0.625. The molecule has 0 aromatic carbocycles. The van der Waals surface area contributed by atoms with Crippen molar-refractivity contribution in [1.82, 2.24) is 4.90 Å². The van der Waals surface area contributed by atoms with Gasteiger partial charge < -0.3 is 16.4 Å². The van der Waals surface area contributed by atoms with Crippen LogP contribution in [0, 0.1) is 5.92 Å². The number of hydrogen-bond acceptors (Lipinski definition) is 3. The minimum absolute atomic E-state index is 0.0672. The van der Waals surface area contributed by atoms with E-state index in [-0.39, 0.29) is 18.5 Å². The van der Waals surface area contributed by atoms with Crippen LogP contribution in [0.2, 0.25) is 0 Å². The molecule has 0 aromatic heterocycles. The van der Waals surface area contributed by atoms with Crippen molar-refractivity contribution < 1.29 is 9.59 Å². The average molecular weight is 229 g/mol. The van der Waals surface area contributed by atoms with Crippen molar-refractivity contribution in [3.8, 4) is 0 Å². The Morgan fingerprint density at radius 1 is 1.19 bits per heavy atom. The van der Waals surface area contributed by atoms with Crippen LogP contribution < -0.4 is 11.5 Å². The molecule has 0 radical (unpaired) electrons. The van der Waals surface area contributed by atoms with E-state index in [1.54, 1.807) is 0 Å². The molecule has 0 heterocycles. The molecule has 0 aliphatic rings. The first kappa shape index (κ1) is 14.9. The van der Waals surface area contributed by atoms with E-state index in [1.165, 1.54) is 4.90 Å². The van der Waals surface area contributed by atoms with E-state index in [4.69, 9.17) is 11.5 Å². The minimum atomic E-state index is -0.554. The standard InChI is InChI=1S/C11H23N3O2/c1-7(2)5-9(12)11(16)14(8(3)4)6-10(13)15/h7-9H,5-6,12H2,1-4H3,(H2,13,15)/t9-/m0/s1. The number of carbonyl (C=O) groups excluding carboxylic acids is 2. The van der Waals surface area contributed by atoms with E-state index < -0.39 is 11.9 Å². The van der Waals surface area contributed by atoms with Gasteiger partial charge in [-0.15, -0.1) is 0 Å². The van der Waals surface area contributed by atoms with Gasteiger partial charge in [-0.1, -0.05) is 13.8 Å². The molecular formula is C11H23N3O2. The molecule has 0 aliphatic carbocycles. The van der Waals surface area contributed by atoms with Gasteiger partial charge in [-0.2, -0.15) is 0 Å². The number of rotatable bonds is 6. The summed E-state index contributed by atoms with van der Waals surface area (Å²) in [5, 5.41) is 0. The van der Waals surface area contributed by atoms with E-state index in [0.29, 0.717) is 12.3 Å². The second-order valence-corrected chi connectivity index (χ2v) is 4.76. The Morgan fingerprint density at radius 2 is 1.69 bits per heavy atom. The van der Waals surface area contributed by atoms with E-state index in [0.717, 1.165) is 0 Å². The van der Waals surface area contributed by atoms with Crippen LogP contribution in [0.1, 0.15) is 34.1 Å². The number of amides is 2. The Hall–Kier alpha value is -1.10. The lowest BCUT2D eigenvalue weighted by molar-refractivity contribution is -0.138. The lowest BCUT2D eigenvalue weighted by atomic mass is 10.0. The molecule has 0 fully saturated rings. The molecule has 4 N–H and O–H groups in total. The summed E-state index contributed by atoms with van der Waals surface area (Å²) in [6.45, 7) is 7.61. The van der Waals surface area contributed by atoms with Crippen LogP contribution in [0.3, 0.4) is 0 Å². The van der Waals surface area contributed by atoms with E-state index in [2.05, 4.69) is 0 Å². The highest BCUT2D eigenvalue weighted by atomic mass is 16.2. The first-order valence-corrected chi connectivity index (χ1v) is 5.60. The SMILES string of the molecule is CC(C)C[C@H](N)C(=O)N(CC(N)=O)C(C)C. The summed E-state index contributed by atoms with van der Waals surface area (Å²) >= 11 is 0. The summed E-state index contributed by atoms with van der Waals surface area (Å²) in [5.74, 6) is -0.372. The molecule has 5 heteroatoms. The van der Waals surface area contributed by atoms with Crippen molar-refractivity contribution >= 4 is 11.8 Å². The van der Waals surface area contributed by atoms with Crippen molar-refractivity contribution in [2.75, 3.05) is 6.54 Å². The minimum Gasteiger partial charge on any atom is -0.368 e. The van der Waals surface area contributed by atoms with E-state index in [1.807, 2.05) is 27.7 Å². The van der Waals surface area contributed by atoms with Crippen LogP contribution in [-0.4, -0.2) is 35.3 Å². The zero-order valence-corrected chi connectivity index (χ0v) is 10.6. The van der Waals surface area contributed by atoms with Crippen LogP contribution in [0.15, 0.2) is 0 Å². The Balaban J connectivity index is 4.54. The van der Waals surface area contributed by atoms with Crippen molar-refractivity contribution in [1.29, 1.82) is 0 Å². The molecule has 0 rings (SSSR count). The molecule has 0 saturated carbocycles. The molecule has 0 unspecified atom stereocenters. The summed E-state index contributed by atoms with van der Waals surface area (Å²) in [5.41, 5.74) is 10.9. The van der Waals surface area contributed by atoms with Crippen molar-refractivity contribution in [3.05, 3.63) is 0 Å². The van der Waals surface area contributed by atoms with Gasteiger partial charge in [0.1, 0.15) is 0 Å². The third-order valence-electron chi connectivity index (χ3n) is 2.28. The summed E-state index contributed by atoms with van der Waals surface area (Å²) in [6.07, 6.45) is 0.612. The Kier molecular flexibility index (Phi) is 6.03. The molecule has 0 spiro atoms. The van der Waals surface area contributed by atoms with Gasteiger partial charge in [-0.3, -0.25) is 9.59 Å². The normalized spacial score (nSPS) is 12.9. The predicted octanol–water partition coefficient (Wildman–Crippen LogP) is 0.0821. The topological polar surface area (TPSA) is 89.4 Å². The fourth-order valence-electron chi connectivity index (χ4n) is 1.50. The maximum absolute atomic E-state index is 11.9. The van der Waals surface area contributed by atoms with Gasteiger partial charge in [-0.05, 0) is 26.2 Å². The zero-order valence-electron chi connectivity index (χ0n) is 10.6. The van der Waals surface area contributed by atoms with Gasteiger partial charge in [0.2, 0.25) is 11.8 Å². The van der Waals surface area contributed by atoms with E-state index in [9.17, 15) is 9.59 Å². The van der Waals surface area contributed by atoms with Crippen LogP contribution in [0.4, 0.5) is 0 Å². The lowest BCUT2D eigenvalue weighted by Crippen LogP contribution is -2.50. The van der Waals surface area contributed by atoms with Crippen LogP contribution in [0.5, 0.6) is 0 Å². The second kappa shape index (κ2) is 6.48. The second-order valence-electron chi connectivity index (χ2n) is 4.76. The quantitative estimate of drug-likeness (QED) is 0.676. The first-order valence-electron chi connectivity index (χ1n) is 5.60. The molecule has 0 saturated heterocycles. The third kappa shape index (κ3) is 5.11. The molecule has 0 aliphatic heterocycles. The molecule has 2 amide bonds. The fourth-order valence-corrected chi connectivity index (χ4v) is 1.50. The first-order chi connectivity index (χ1) is 7.25. The van der Waals surface area contributed by atoms with E-state index >= 15 is 0 Å². The zero-order chi connectivity index (χ0) is 12.9. The third-order valence-corrected chi connectivity index (χ3v) is 2.28. The lowest BCUT2D eigenvalue weighted by Gasteiger charge is -2.28. The summed E-state index contributed by atoms with van der Waals surface area (Å²) in [4.78, 5) is 24.2. The predicted molar refractivity (Wildman–Crippen MR) is 63.5 cm³/mol. The smallest absolute Gasteiger partial charge is 0.240 e. The average Bonchev–Trinajstić information content (AvgIpc) is 2.11. The van der Waals surface area contributed by atoms with Gasteiger partial charge in [0.15, 0.2) is 0 Å². The van der Waals surface area contributed by atoms with Crippen molar-refractivity contribution in [2.24, 2.45) is 17.4 Å². The summed E-state index contributed by atoms with van der Waals surface area (Å²) in [7, 11) is 0. The molecule has 94 valence electrons. The van der Waals surface area contributed by atoms with Crippen LogP contribution in [0.25, 0.3) is 0 Å². The van der Waals surface area contributed by atoms with Crippen molar-refractivity contribution in [2.45, 2.75) is 46.2 Å².